The quantitative estimate of drug-likeness (QED) is 0.662. The van der Waals surface area contributed by atoms with Crippen molar-refractivity contribution in [2.45, 2.75) is 63.5 Å². The fourth-order valence-electron chi connectivity index (χ4n) is 4.55. The van der Waals surface area contributed by atoms with Crippen LogP contribution in [0, 0.1) is 11.3 Å². The zero-order valence-electron chi connectivity index (χ0n) is 18.8. The standard InChI is InChI=1S/C24H31N7O/c1-31(2)22-20-5-3-4-6-21(20)29-23(30-22)26-17-11-13-19(14-12-17)28-24(32)27-18-9-7-16(15-25)8-10-18/h7-10,17,19H,3-6,11-14H2,1-2H3,(H,26,29,30)(H2,27,28,32)/t17-,19+. The van der Waals surface area contributed by atoms with Crippen LogP contribution in [0.15, 0.2) is 24.3 Å². The number of amides is 2. The second kappa shape index (κ2) is 9.86. The van der Waals surface area contributed by atoms with Crippen molar-refractivity contribution in [3.8, 4) is 6.07 Å². The Balaban J connectivity index is 1.29. The molecular weight excluding hydrogens is 402 g/mol. The summed E-state index contributed by atoms with van der Waals surface area (Å²) in [7, 11) is 4.08. The predicted molar refractivity (Wildman–Crippen MR) is 126 cm³/mol. The molecule has 0 bridgehead atoms. The molecule has 32 heavy (non-hydrogen) atoms. The van der Waals surface area contributed by atoms with Crippen LogP contribution in [0.3, 0.4) is 0 Å². The topological polar surface area (TPSA) is 106 Å². The lowest BCUT2D eigenvalue weighted by molar-refractivity contribution is 0.243. The van der Waals surface area contributed by atoms with Gasteiger partial charge in [0.25, 0.3) is 0 Å². The molecule has 1 heterocycles. The van der Waals surface area contributed by atoms with E-state index in [4.69, 9.17) is 15.2 Å². The average Bonchev–Trinajstić information content (AvgIpc) is 2.80. The van der Waals surface area contributed by atoms with Crippen molar-refractivity contribution in [2.24, 2.45) is 0 Å². The second-order valence-electron chi connectivity index (χ2n) is 8.88. The molecule has 1 aromatic heterocycles. The Morgan fingerprint density at radius 3 is 2.41 bits per heavy atom. The van der Waals surface area contributed by atoms with Gasteiger partial charge >= 0.3 is 6.03 Å². The van der Waals surface area contributed by atoms with Crippen molar-refractivity contribution >= 4 is 23.5 Å². The zero-order chi connectivity index (χ0) is 22.5. The number of carbonyl (C=O) groups excluding carboxylic acids is 1. The minimum Gasteiger partial charge on any atom is -0.362 e. The van der Waals surface area contributed by atoms with E-state index in [9.17, 15) is 4.79 Å². The van der Waals surface area contributed by atoms with Crippen LogP contribution in [0.1, 0.15) is 55.3 Å². The first-order valence-electron chi connectivity index (χ1n) is 11.4. The van der Waals surface area contributed by atoms with E-state index in [1.165, 1.54) is 24.1 Å². The van der Waals surface area contributed by atoms with Gasteiger partial charge in [-0.2, -0.15) is 10.2 Å². The maximum absolute atomic E-state index is 12.3. The van der Waals surface area contributed by atoms with Crippen LogP contribution in [0.4, 0.5) is 22.2 Å². The normalized spacial score (nSPS) is 19.9. The van der Waals surface area contributed by atoms with E-state index in [0.29, 0.717) is 17.3 Å². The molecule has 0 unspecified atom stereocenters. The van der Waals surface area contributed by atoms with Crippen LogP contribution >= 0.6 is 0 Å². The van der Waals surface area contributed by atoms with Crippen LogP contribution in [0.25, 0.3) is 0 Å². The average molecular weight is 434 g/mol. The molecule has 2 aromatic rings. The summed E-state index contributed by atoms with van der Waals surface area (Å²) in [5, 5.41) is 18.3. The first-order valence-corrected chi connectivity index (χ1v) is 11.4. The van der Waals surface area contributed by atoms with Crippen LogP contribution in [0.2, 0.25) is 0 Å². The predicted octanol–water partition coefficient (Wildman–Crippen LogP) is 3.84. The lowest BCUT2D eigenvalue weighted by Gasteiger charge is -2.30. The highest BCUT2D eigenvalue weighted by molar-refractivity contribution is 5.89. The number of hydrogen-bond acceptors (Lipinski definition) is 6. The maximum Gasteiger partial charge on any atom is 0.319 e. The molecule has 2 amide bonds. The number of aromatic nitrogens is 2. The number of nitriles is 1. The third kappa shape index (κ3) is 5.28. The van der Waals surface area contributed by atoms with Gasteiger partial charge in [0.05, 0.1) is 17.3 Å². The summed E-state index contributed by atoms with van der Waals surface area (Å²) in [6.07, 6.45) is 8.22. The molecule has 1 aromatic carbocycles. The van der Waals surface area contributed by atoms with Gasteiger partial charge in [-0.25, -0.2) is 9.78 Å². The lowest BCUT2D eigenvalue weighted by atomic mass is 9.91. The van der Waals surface area contributed by atoms with Crippen LogP contribution in [0.5, 0.6) is 0 Å². The molecule has 168 valence electrons. The highest BCUT2D eigenvalue weighted by Gasteiger charge is 2.24. The van der Waals surface area contributed by atoms with Crippen molar-refractivity contribution in [1.82, 2.24) is 15.3 Å². The highest BCUT2D eigenvalue weighted by atomic mass is 16.2. The smallest absolute Gasteiger partial charge is 0.319 e. The summed E-state index contributed by atoms with van der Waals surface area (Å²) in [5.74, 6) is 1.76. The summed E-state index contributed by atoms with van der Waals surface area (Å²) in [4.78, 5) is 24.0. The Bertz CT molecular complexity index is 989. The zero-order valence-corrected chi connectivity index (χ0v) is 18.8. The first kappa shape index (κ1) is 21.9. The van der Waals surface area contributed by atoms with E-state index in [1.54, 1.807) is 24.3 Å². The SMILES string of the molecule is CN(C)c1nc(N[C@H]2CC[C@@H](NC(=O)Nc3ccc(C#N)cc3)CC2)nc2c1CCCC2. The van der Waals surface area contributed by atoms with Crippen molar-refractivity contribution in [3.63, 3.8) is 0 Å². The van der Waals surface area contributed by atoms with E-state index in [1.807, 2.05) is 14.1 Å². The Labute approximate surface area is 189 Å². The largest absolute Gasteiger partial charge is 0.362 e. The molecular formula is C24H31N7O. The fourth-order valence-corrected chi connectivity index (χ4v) is 4.55. The lowest BCUT2D eigenvalue weighted by Crippen LogP contribution is -2.42. The molecule has 0 spiro atoms. The molecule has 4 rings (SSSR count). The van der Waals surface area contributed by atoms with Crippen LogP contribution < -0.4 is 20.9 Å². The Morgan fingerprint density at radius 2 is 1.72 bits per heavy atom. The number of fused-ring (bicyclic) bond motifs is 1. The number of hydrogen-bond donors (Lipinski definition) is 3. The molecule has 2 aliphatic rings. The first-order chi connectivity index (χ1) is 15.5. The fraction of sp³-hybridized carbons (Fsp3) is 0.500. The molecule has 0 saturated heterocycles. The monoisotopic (exact) mass is 433 g/mol. The molecule has 0 aliphatic heterocycles. The van der Waals surface area contributed by atoms with Crippen LogP contribution in [-0.2, 0) is 12.8 Å². The third-order valence-corrected chi connectivity index (χ3v) is 6.25. The number of anilines is 3. The number of nitrogens with one attached hydrogen (secondary N) is 3. The Kier molecular flexibility index (Phi) is 6.74. The molecule has 1 fully saturated rings. The molecule has 1 saturated carbocycles. The molecule has 0 atom stereocenters. The van der Waals surface area contributed by atoms with Gasteiger partial charge in [-0.15, -0.1) is 0 Å². The number of rotatable bonds is 5. The molecule has 8 nitrogen and oxygen atoms in total. The maximum atomic E-state index is 12.3. The summed E-state index contributed by atoms with van der Waals surface area (Å²) in [5.41, 5.74) is 3.74. The van der Waals surface area contributed by atoms with Gasteiger partial charge in [-0.3, -0.25) is 0 Å². The van der Waals surface area contributed by atoms with Gasteiger partial charge in [0.1, 0.15) is 5.82 Å². The van der Waals surface area contributed by atoms with E-state index < -0.39 is 0 Å². The summed E-state index contributed by atoms with van der Waals surface area (Å²) < 4.78 is 0. The number of benzene rings is 1. The van der Waals surface area contributed by atoms with E-state index >= 15 is 0 Å². The minimum atomic E-state index is -0.209. The summed E-state index contributed by atoms with van der Waals surface area (Å²) in [6, 6.07) is 9.18. The summed E-state index contributed by atoms with van der Waals surface area (Å²) in [6.45, 7) is 0. The van der Waals surface area contributed by atoms with Gasteiger partial charge in [0.2, 0.25) is 5.95 Å². The number of aryl methyl sites for hydroxylation is 1. The molecule has 8 heteroatoms. The third-order valence-electron chi connectivity index (χ3n) is 6.25. The van der Waals surface area contributed by atoms with E-state index in [2.05, 4.69) is 26.9 Å². The molecule has 2 aliphatic carbocycles. The van der Waals surface area contributed by atoms with Gasteiger partial charge in [-0.1, -0.05) is 0 Å². The van der Waals surface area contributed by atoms with Gasteiger partial charge in [0.15, 0.2) is 0 Å². The number of urea groups is 1. The Hall–Kier alpha value is -3.34. The Morgan fingerprint density at radius 1 is 1.03 bits per heavy atom. The van der Waals surface area contributed by atoms with Gasteiger partial charge in [0, 0.05) is 37.4 Å². The van der Waals surface area contributed by atoms with Crippen LogP contribution in [-0.4, -0.2) is 42.2 Å². The number of carbonyl (C=O) groups is 1. The molecule has 3 N–H and O–H groups in total. The van der Waals surface area contributed by atoms with Crippen molar-refractivity contribution in [3.05, 3.63) is 41.1 Å². The van der Waals surface area contributed by atoms with Gasteiger partial charge in [-0.05, 0) is 75.6 Å². The highest BCUT2D eigenvalue weighted by Crippen LogP contribution is 2.29. The minimum absolute atomic E-state index is 0.146. The number of nitrogens with zero attached hydrogens (tertiary/aromatic N) is 4. The van der Waals surface area contributed by atoms with E-state index in [-0.39, 0.29) is 12.1 Å². The second-order valence-corrected chi connectivity index (χ2v) is 8.88. The van der Waals surface area contributed by atoms with Gasteiger partial charge < -0.3 is 20.9 Å². The van der Waals surface area contributed by atoms with Crippen molar-refractivity contribution in [1.29, 1.82) is 5.26 Å². The van der Waals surface area contributed by atoms with Crippen molar-refractivity contribution < 1.29 is 4.79 Å². The molecule has 0 radical (unpaired) electrons. The summed E-state index contributed by atoms with van der Waals surface area (Å²) >= 11 is 0. The van der Waals surface area contributed by atoms with Crippen molar-refractivity contribution in [2.75, 3.05) is 29.6 Å². The van der Waals surface area contributed by atoms with E-state index in [0.717, 1.165) is 50.3 Å².